The van der Waals surface area contributed by atoms with Gasteiger partial charge in [-0.2, -0.15) is 0 Å². The number of nitrogens with one attached hydrogen (secondary N) is 2. The van der Waals surface area contributed by atoms with Gasteiger partial charge in [-0.15, -0.1) is 0 Å². The van der Waals surface area contributed by atoms with Crippen LogP contribution in [-0.4, -0.2) is 24.0 Å². The Bertz CT molecular complexity index is 628. The molecule has 2 N–H and O–H groups in total. The van der Waals surface area contributed by atoms with E-state index in [1.807, 2.05) is 33.8 Å². The van der Waals surface area contributed by atoms with Crippen molar-refractivity contribution in [3.05, 3.63) is 30.3 Å². The van der Waals surface area contributed by atoms with Gasteiger partial charge in [0.1, 0.15) is 0 Å². The molecule has 2 fully saturated rings. The van der Waals surface area contributed by atoms with Gasteiger partial charge >= 0.3 is 141 Å². The van der Waals surface area contributed by atoms with Gasteiger partial charge in [-0.3, -0.25) is 0 Å². The quantitative estimate of drug-likeness (QED) is 0.804. The van der Waals surface area contributed by atoms with Crippen molar-refractivity contribution in [1.29, 1.82) is 0 Å². The fourth-order valence-corrected chi connectivity index (χ4v) is 6.45. The molecule has 1 aromatic carbocycles. The Morgan fingerprint density at radius 1 is 0.917 bits per heavy atom. The molecule has 2 atom stereocenters. The molecular weight excluding hydrogens is 331 g/mol. The fraction of sp³-hybridized carbons (Fsp3) is 0.500. The Morgan fingerprint density at radius 3 is 1.75 bits per heavy atom. The van der Waals surface area contributed by atoms with Gasteiger partial charge in [0.15, 0.2) is 0 Å². The molecule has 0 amide bonds. The van der Waals surface area contributed by atoms with E-state index in [0.29, 0.717) is 5.75 Å². The summed E-state index contributed by atoms with van der Waals surface area (Å²) in [5.41, 5.74) is 0. The second-order valence-electron chi connectivity index (χ2n) is 6.81. The fourth-order valence-electron chi connectivity index (χ4n) is 2.79. The van der Waals surface area contributed by atoms with E-state index in [2.05, 4.69) is 10.2 Å². The molecule has 1 aromatic rings. The van der Waals surface area contributed by atoms with Crippen molar-refractivity contribution in [3.8, 4) is 5.75 Å². The van der Waals surface area contributed by atoms with Gasteiger partial charge in [0.25, 0.3) is 0 Å². The van der Waals surface area contributed by atoms with E-state index in [1.165, 1.54) is 0 Å². The summed E-state index contributed by atoms with van der Waals surface area (Å²) in [7, 11) is -4.33. The van der Waals surface area contributed by atoms with Crippen molar-refractivity contribution in [2.75, 3.05) is 0 Å². The van der Waals surface area contributed by atoms with E-state index in [0.717, 1.165) is 0 Å². The zero-order valence-corrected chi connectivity index (χ0v) is 15.1. The molecule has 0 unspecified atom stereocenters. The Hall–Kier alpha value is -1.69. The van der Waals surface area contributed by atoms with Crippen LogP contribution in [0.2, 0.25) is 0 Å². The van der Waals surface area contributed by atoms with E-state index in [4.69, 9.17) is 13.6 Å². The molecule has 132 valence electrons. The molecule has 3 rings (SSSR count). The number of carbonyl (C=O) groups is 2. The van der Waals surface area contributed by atoms with Crippen molar-refractivity contribution >= 4 is 19.5 Å². The third kappa shape index (κ3) is 2.77. The van der Waals surface area contributed by atoms with E-state index >= 15 is 0 Å². The molecule has 0 saturated carbocycles. The number of rotatable bonds is 4. The zero-order chi connectivity index (χ0) is 17.6. The van der Waals surface area contributed by atoms with Crippen LogP contribution < -0.4 is 14.7 Å². The summed E-state index contributed by atoms with van der Waals surface area (Å²) in [6.45, 7) is 7.55. The third-order valence-electron chi connectivity index (χ3n) is 4.09. The second-order valence-corrected chi connectivity index (χ2v) is 9.64. The van der Waals surface area contributed by atoms with Crippen LogP contribution in [0.1, 0.15) is 27.7 Å². The van der Waals surface area contributed by atoms with Crippen LogP contribution in [0.25, 0.3) is 0 Å². The first-order valence-corrected chi connectivity index (χ1v) is 10.0. The summed E-state index contributed by atoms with van der Waals surface area (Å²) in [6.07, 6.45) is 0. The number of para-hydroxylation sites is 1. The van der Waals surface area contributed by atoms with Crippen LogP contribution in [0.4, 0.5) is 0 Å². The molecule has 24 heavy (non-hydrogen) atoms. The summed E-state index contributed by atoms with van der Waals surface area (Å²) in [5, 5.41) is 6.15. The molecule has 0 radical (unpaired) electrons. The van der Waals surface area contributed by atoms with Gasteiger partial charge in [0, 0.05) is 0 Å². The summed E-state index contributed by atoms with van der Waals surface area (Å²) in [6, 6.07) is 7.64. The zero-order valence-electron chi connectivity index (χ0n) is 14.2. The topological polar surface area (TPSA) is 85.9 Å². The van der Waals surface area contributed by atoms with Crippen LogP contribution in [0.15, 0.2) is 30.3 Å². The van der Waals surface area contributed by atoms with Gasteiger partial charge in [-0.05, 0) is 0 Å². The molecule has 0 bridgehead atoms. The molecule has 0 aromatic heterocycles. The van der Waals surface area contributed by atoms with Crippen molar-refractivity contribution in [1.82, 2.24) is 10.2 Å². The Labute approximate surface area is 141 Å². The van der Waals surface area contributed by atoms with Gasteiger partial charge in [-0.1, -0.05) is 0 Å². The second kappa shape index (κ2) is 5.69. The van der Waals surface area contributed by atoms with E-state index < -0.39 is 31.6 Å². The van der Waals surface area contributed by atoms with E-state index in [-0.39, 0.29) is 11.8 Å². The Kier molecular flexibility index (Phi) is 4.06. The molecule has 8 heteroatoms. The van der Waals surface area contributed by atoms with Gasteiger partial charge in [0.05, 0.1) is 0 Å². The van der Waals surface area contributed by atoms with Gasteiger partial charge in [0.2, 0.25) is 0 Å². The summed E-state index contributed by atoms with van der Waals surface area (Å²) >= 11 is 0. The number of hydrogen-bond donors (Lipinski definition) is 2. The normalized spacial score (nSPS) is 29.3. The average molecular weight is 354 g/mol. The van der Waals surface area contributed by atoms with Crippen molar-refractivity contribution < 1.29 is 23.2 Å². The molecule has 2 heterocycles. The molecule has 0 aliphatic carbocycles. The maximum atomic E-state index is 12.4. The van der Waals surface area contributed by atoms with Crippen LogP contribution in [0, 0.1) is 11.8 Å². The summed E-state index contributed by atoms with van der Waals surface area (Å²) < 4.78 is 17.3. The van der Waals surface area contributed by atoms with Gasteiger partial charge < -0.3 is 0 Å². The molecule has 7 nitrogen and oxygen atoms in total. The predicted molar refractivity (Wildman–Crippen MR) is 89.7 cm³/mol. The third-order valence-corrected chi connectivity index (χ3v) is 7.10. The molecule has 2 saturated heterocycles. The maximum absolute atomic E-state index is 12.4. The minimum atomic E-state index is -4.33. The van der Waals surface area contributed by atoms with E-state index in [1.54, 1.807) is 24.3 Å². The van der Waals surface area contributed by atoms with Crippen molar-refractivity contribution in [2.24, 2.45) is 11.8 Å². The van der Waals surface area contributed by atoms with Crippen LogP contribution in [0.5, 0.6) is 5.75 Å². The SMILES string of the molecule is CC(C)[C@@H]1NP2(Oc3ccccc3)(N[C@@H](C(C)C)C(=O)O2)OC1=O. The standard InChI is InChI=1S/C16H23N2O5P/c1-10(2)13-15(19)22-24(17-13,21-12-8-6-5-7-9-12)18-14(11(3)4)16(20)23-24/h5-11,13-14,17-18H,1-4H3/t13-,14-/m0/s1. The number of carbonyl (C=O) groups excluding carboxylic acids is 2. The monoisotopic (exact) mass is 354 g/mol. The molecule has 2 aliphatic rings. The van der Waals surface area contributed by atoms with Crippen LogP contribution >= 0.6 is 7.59 Å². The van der Waals surface area contributed by atoms with Crippen LogP contribution in [0.3, 0.4) is 0 Å². The average Bonchev–Trinajstić information content (AvgIpc) is 2.95. The number of hydrogen-bond acceptors (Lipinski definition) is 7. The first kappa shape index (κ1) is 17.1. The first-order valence-electron chi connectivity index (χ1n) is 8.06. The Morgan fingerprint density at radius 2 is 1.38 bits per heavy atom. The van der Waals surface area contributed by atoms with Crippen molar-refractivity contribution in [3.63, 3.8) is 0 Å². The van der Waals surface area contributed by atoms with Gasteiger partial charge in [-0.25, -0.2) is 0 Å². The van der Waals surface area contributed by atoms with Crippen LogP contribution in [-0.2, 0) is 18.6 Å². The van der Waals surface area contributed by atoms with Crippen molar-refractivity contribution in [2.45, 2.75) is 39.8 Å². The minimum absolute atomic E-state index is 0.0445. The molecular formula is C16H23N2O5P. The molecule has 1 spiro atoms. The summed E-state index contributed by atoms with van der Waals surface area (Å²) in [4.78, 5) is 24.8. The Balaban J connectivity index is 2.03. The number of benzene rings is 1. The first-order chi connectivity index (χ1) is 11.2. The molecule has 2 aliphatic heterocycles. The van der Waals surface area contributed by atoms with E-state index in [9.17, 15) is 9.59 Å². The predicted octanol–water partition coefficient (Wildman–Crippen LogP) is 2.54. The summed E-state index contributed by atoms with van der Waals surface area (Å²) in [5.74, 6) is -0.606.